The summed E-state index contributed by atoms with van der Waals surface area (Å²) in [5.74, 6) is 2.55. The Balaban J connectivity index is 1.60. The van der Waals surface area contributed by atoms with Crippen molar-refractivity contribution in [3.63, 3.8) is 0 Å². The van der Waals surface area contributed by atoms with E-state index in [0.29, 0.717) is 23.2 Å². The van der Waals surface area contributed by atoms with Gasteiger partial charge >= 0.3 is 0 Å². The average Bonchev–Trinajstić information content (AvgIpc) is 2.88. The molecular formula is C20H32O3. The minimum absolute atomic E-state index is 0.0261. The Labute approximate surface area is 139 Å². The molecule has 0 aromatic heterocycles. The second kappa shape index (κ2) is 3.99. The summed E-state index contributed by atoms with van der Waals surface area (Å²) in [6.07, 6.45) is 5.62. The van der Waals surface area contributed by atoms with Gasteiger partial charge in [0.25, 0.3) is 0 Å². The number of fused-ring (bicyclic) bond motifs is 1. The van der Waals surface area contributed by atoms with Crippen molar-refractivity contribution in [3.8, 4) is 0 Å². The maximum absolute atomic E-state index is 11.2. The van der Waals surface area contributed by atoms with Gasteiger partial charge in [-0.3, -0.25) is 0 Å². The number of aliphatic hydroxyl groups excluding tert-OH is 3. The van der Waals surface area contributed by atoms with Crippen LogP contribution in [0, 0.1) is 45.3 Å². The molecule has 3 heteroatoms. The number of hydrogen-bond acceptors (Lipinski definition) is 3. The van der Waals surface area contributed by atoms with E-state index in [1.54, 1.807) is 0 Å². The third-order valence-electron chi connectivity index (χ3n) is 9.66. The summed E-state index contributed by atoms with van der Waals surface area (Å²) in [7, 11) is 0. The lowest BCUT2D eigenvalue weighted by molar-refractivity contribution is -0.235. The topological polar surface area (TPSA) is 60.7 Å². The zero-order valence-electron chi connectivity index (χ0n) is 14.8. The Morgan fingerprint density at radius 3 is 2.26 bits per heavy atom. The fourth-order valence-electron chi connectivity index (χ4n) is 9.27. The standard InChI is InChI=1S/C20H32O3/c1-17(10-21)5-11(22)6-18(2)15-4-12-13-7-20(15,9-19(12,13)3)8-14(23)16(17)18/h11-16,21-23H,4-10H2,1-3H3. The summed E-state index contributed by atoms with van der Waals surface area (Å²) < 4.78 is 0. The van der Waals surface area contributed by atoms with E-state index < -0.39 is 0 Å². The Hall–Kier alpha value is -0.120. The van der Waals surface area contributed by atoms with Crippen molar-refractivity contribution in [2.75, 3.05) is 6.61 Å². The predicted octanol–water partition coefficient (Wildman–Crippen LogP) is 2.58. The smallest absolute Gasteiger partial charge is 0.0585 e. The third-order valence-corrected chi connectivity index (χ3v) is 9.66. The van der Waals surface area contributed by atoms with Crippen LogP contribution < -0.4 is 0 Å². The van der Waals surface area contributed by atoms with Crippen LogP contribution in [0.5, 0.6) is 0 Å². The SMILES string of the molecule is CC1(CO)CC(O)CC2(C)C1C(O)CC13CC4C(CC12)C4(C)C3. The van der Waals surface area contributed by atoms with Crippen LogP contribution in [-0.4, -0.2) is 34.1 Å². The maximum atomic E-state index is 11.2. The van der Waals surface area contributed by atoms with E-state index in [9.17, 15) is 15.3 Å². The zero-order chi connectivity index (χ0) is 16.4. The fraction of sp³-hybridized carbons (Fsp3) is 1.00. The molecule has 6 aliphatic rings. The molecule has 4 bridgehead atoms. The van der Waals surface area contributed by atoms with E-state index in [0.717, 1.165) is 24.7 Å². The van der Waals surface area contributed by atoms with Gasteiger partial charge < -0.3 is 15.3 Å². The minimum atomic E-state index is -0.346. The van der Waals surface area contributed by atoms with Gasteiger partial charge in [0.05, 0.1) is 12.2 Å². The molecule has 6 aliphatic carbocycles. The highest BCUT2D eigenvalue weighted by molar-refractivity contribution is 5.28. The first-order valence-electron chi connectivity index (χ1n) is 9.66. The molecule has 6 saturated carbocycles. The zero-order valence-corrected chi connectivity index (χ0v) is 14.8. The Bertz CT molecular complexity index is 563. The van der Waals surface area contributed by atoms with Crippen LogP contribution in [0.4, 0.5) is 0 Å². The monoisotopic (exact) mass is 320 g/mol. The highest BCUT2D eigenvalue weighted by Crippen LogP contribution is 2.85. The Kier molecular flexibility index (Phi) is 2.63. The molecule has 0 aromatic rings. The summed E-state index contributed by atoms with van der Waals surface area (Å²) in [6, 6.07) is 0. The van der Waals surface area contributed by atoms with Crippen LogP contribution in [-0.2, 0) is 0 Å². The lowest BCUT2D eigenvalue weighted by atomic mass is 9.38. The predicted molar refractivity (Wildman–Crippen MR) is 87.5 cm³/mol. The molecular weight excluding hydrogens is 288 g/mol. The molecule has 0 aliphatic heterocycles. The van der Waals surface area contributed by atoms with Crippen LogP contribution in [0.25, 0.3) is 0 Å². The number of aliphatic hydroxyl groups is 3. The largest absolute Gasteiger partial charge is 0.396 e. The van der Waals surface area contributed by atoms with E-state index in [4.69, 9.17) is 0 Å². The van der Waals surface area contributed by atoms with Gasteiger partial charge in [0.1, 0.15) is 0 Å². The normalized spacial score (nSPS) is 69.1. The average molecular weight is 320 g/mol. The molecule has 0 saturated heterocycles. The van der Waals surface area contributed by atoms with Crippen LogP contribution in [0.15, 0.2) is 0 Å². The minimum Gasteiger partial charge on any atom is -0.396 e. The Morgan fingerprint density at radius 2 is 1.65 bits per heavy atom. The molecule has 0 heterocycles. The first kappa shape index (κ1) is 15.2. The quantitative estimate of drug-likeness (QED) is 0.696. The number of hydrogen-bond donors (Lipinski definition) is 3. The van der Waals surface area contributed by atoms with Gasteiger partial charge in [-0.2, -0.15) is 0 Å². The second-order valence-corrected chi connectivity index (χ2v) is 10.9. The Morgan fingerprint density at radius 1 is 0.913 bits per heavy atom. The van der Waals surface area contributed by atoms with E-state index in [2.05, 4.69) is 20.8 Å². The van der Waals surface area contributed by atoms with Gasteiger partial charge in [0.2, 0.25) is 0 Å². The van der Waals surface area contributed by atoms with Gasteiger partial charge in [-0.05, 0) is 83.9 Å². The first-order valence-corrected chi connectivity index (χ1v) is 9.66. The van der Waals surface area contributed by atoms with Crippen LogP contribution in [0.2, 0.25) is 0 Å². The highest BCUT2D eigenvalue weighted by Gasteiger charge is 2.79. The van der Waals surface area contributed by atoms with Crippen molar-refractivity contribution in [1.82, 2.24) is 0 Å². The molecule has 23 heavy (non-hydrogen) atoms. The van der Waals surface area contributed by atoms with Crippen molar-refractivity contribution >= 4 is 0 Å². The van der Waals surface area contributed by atoms with Crippen molar-refractivity contribution in [2.24, 2.45) is 45.3 Å². The molecule has 3 N–H and O–H groups in total. The third kappa shape index (κ3) is 1.54. The van der Waals surface area contributed by atoms with Gasteiger partial charge in [-0.15, -0.1) is 0 Å². The summed E-state index contributed by atoms with van der Waals surface area (Å²) in [5, 5.41) is 31.9. The maximum Gasteiger partial charge on any atom is 0.0585 e. The summed E-state index contributed by atoms with van der Waals surface area (Å²) in [4.78, 5) is 0. The lowest BCUT2D eigenvalue weighted by Gasteiger charge is -2.67. The second-order valence-electron chi connectivity index (χ2n) is 10.9. The van der Waals surface area contributed by atoms with Crippen molar-refractivity contribution in [1.29, 1.82) is 0 Å². The molecule has 10 unspecified atom stereocenters. The first-order chi connectivity index (χ1) is 10.7. The van der Waals surface area contributed by atoms with Gasteiger partial charge in [0, 0.05) is 6.61 Å². The van der Waals surface area contributed by atoms with Crippen molar-refractivity contribution in [3.05, 3.63) is 0 Å². The number of rotatable bonds is 1. The molecule has 130 valence electrons. The molecule has 10 atom stereocenters. The van der Waals surface area contributed by atoms with E-state index in [1.165, 1.54) is 19.3 Å². The van der Waals surface area contributed by atoms with Gasteiger partial charge in [-0.1, -0.05) is 20.8 Å². The highest BCUT2D eigenvalue weighted by atomic mass is 16.3. The van der Waals surface area contributed by atoms with E-state index in [-0.39, 0.29) is 35.6 Å². The van der Waals surface area contributed by atoms with Crippen molar-refractivity contribution in [2.45, 2.75) is 71.5 Å². The molecule has 0 radical (unpaired) electrons. The molecule has 6 fully saturated rings. The van der Waals surface area contributed by atoms with Gasteiger partial charge in [0.15, 0.2) is 0 Å². The summed E-state index contributed by atoms with van der Waals surface area (Å²) in [6.45, 7) is 6.97. The molecule has 0 aromatic carbocycles. The summed E-state index contributed by atoms with van der Waals surface area (Å²) in [5.41, 5.74) is 0.502. The van der Waals surface area contributed by atoms with Crippen LogP contribution in [0.1, 0.15) is 59.3 Å². The molecule has 0 amide bonds. The van der Waals surface area contributed by atoms with Crippen LogP contribution >= 0.6 is 0 Å². The van der Waals surface area contributed by atoms with E-state index >= 15 is 0 Å². The lowest BCUT2D eigenvalue weighted by Crippen LogP contribution is -2.65. The summed E-state index contributed by atoms with van der Waals surface area (Å²) >= 11 is 0. The molecule has 1 spiro atoms. The molecule has 6 rings (SSSR count). The van der Waals surface area contributed by atoms with Crippen LogP contribution in [0.3, 0.4) is 0 Å². The van der Waals surface area contributed by atoms with Crippen molar-refractivity contribution < 1.29 is 15.3 Å². The van der Waals surface area contributed by atoms with Gasteiger partial charge in [-0.25, -0.2) is 0 Å². The fourth-order valence-corrected chi connectivity index (χ4v) is 9.27. The molecule has 3 nitrogen and oxygen atoms in total. The van der Waals surface area contributed by atoms with E-state index in [1.807, 2.05) is 0 Å².